The summed E-state index contributed by atoms with van der Waals surface area (Å²) in [5.41, 5.74) is 0. The molecule has 1 rings (SSSR count). The van der Waals surface area contributed by atoms with Crippen LogP contribution >= 0.6 is 10.7 Å². The predicted molar refractivity (Wildman–Crippen MR) is 66.2 cm³/mol. The fourth-order valence-corrected chi connectivity index (χ4v) is 2.60. The molecular formula is C11H21ClO3S. The summed E-state index contributed by atoms with van der Waals surface area (Å²) in [6.45, 7) is 3.82. The summed E-state index contributed by atoms with van der Waals surface area (Å²) < 4.78 is 26.8. The van der Waals surface area contributed by atoms with Crippen molar-refractivity contribution in [1.29, 1.82) is 0 Å². The van der Waals surface area contributed by atoms with Crippen LogP contribution in [0.15, 0.2) is 0 Å². The molecule has 0 aliphatic heterocycles. The molecule has 0 radical (unpaired) electrons. The average Bonchev–Trinajstić information content (AvgIpc) is 2.97. The Morgan fingerprint density at radius 2 is 2.00 bits per heavy atom. The highest BCUT2D eigenvalue weighted by atomic mass is 35.7. The molecule has 0 N–H and O–H groups in total. The van der Waals surface area contributed by atoms with Crippen molar-refractivity contribution in [3.63, 3.8) is 0 Å². The summed E-state index contributed by atoms with van der Waals surface area (Å²) in [5, 5.41) is 0. The topological polar surface area (TPSA) is 43.4 Å². The van der Waals surface area contributed by atoms with Crippen molar-refractivity contribution in [3.05, 3.63) is 0 Å². The molecule has 0 saturated heterocycles. The van der Waals surface area contributed by atoms with E-state index in [1.54, 1.807) is 0 Å². The van der Waals surface area contributed by atoms with E-state index in [0.717, 1.165) is 32.0 Å². The van der Waals surface area contributed by atoms with E-state index in [1.807, 2.05) is 0 Å². The van der Waals surface area contributed by atoms with Crippen LogP contribution in [0.2, 0.25) is 0 Å². The van der Waals surface area contributed by atoms with Gasteiger partial charge in [-0.05, 0) is 37.5 Å². The normalized spacial score (nSPS) is 18.6. The zero-order valence-corrected chi connectivity index (χ0v) is 11.4. The number of ether oxygens (including phenoxy) is 1. The van der Waals surface area contributed by atoms with E-state index in [9.17, 15) is 8.42 Å². The molecule has 0 aromatic rings. The van der Waals surface area contributed by atoms with Crippen LogP contribution in [0.25, 0.3) is 0 Å². The summed E-state index contributed by atoms with van der Waals surface area (Å²) in [4.78, 5) is 0. The lowest BCUT2D eigenvalue weighted by Crippen LogP contribution is -2.08. The van der Waals surface area contributed by atoms with Crippen molar-refractivity contribution in [2.24, 2.45) is 11.8 Å². The maximum Gasteiger partial charge on any atom is 0.232 e. The highest BCUT2D eigenvalue weighted by Gasteiger charge is 2.27. The molecule has 0 aromatic carbocycles. The Bertz CT molecular complexity index is 286. The van der Waals surface area contributed by atoms with Crippen molar-refractivity contribution < 1.29 is 13.2 Å². The molecule has 1 fully saturated rings. The van der Waals surface area contributed by atoms with Crippen LogP contribution in [0.5, 0.6) is 0 Å². The molecule has 1 aliphatic carbocycles. The molecule has 1 saturated carbocycles. The summed E-state index contributed by atoms with van der Waals surface area (Å²) >= 11 is 0. The van der Waals surface area contributed by atoms with E-state index in [0.29, 0.717) is 12.3 Å². The second kappa shape index (κ2) is 6.82. The molecule has 0 amide bonds. The lowest BCUT2D eigenvalue weighted by molar-refractivity contribution is 0.0949. The van der Waals surface area contributed by atoms with Crippen molar-refractivity contribution in [2.75, 3.05) is 19.0 Å². The zero-order valence-electron chi connectivity index (χ0n) is 9.82. The zero-order chi connectivity index (χ0) is 12.0. The highest BCUT2D eigenvalue weighted by molar-refractivity contribution is 8.13. The summed E-state index contributed by atoms with van der Waals surface area (Å²) in [6, 6.07) is 0. The third kappa shape index (κ3) is 7.47. The number of unbranched alkanes of at least 4 members (excludes halogenated alkanes) is 2. The monoisotopic (exact) mass is 268 g/mol. The standard InChI is InChI=1S/C11H21ClO3S/c1-10(11-5-6-11)9-15-7-3-2-4-8-16(12,13)14/h10-11H,2-9H2,1H3. The first kappa shape index (κ1) is 14.3. The Labute approximate surface area is 103 Å². The Morgan fingerprint density at radius 1 is 1.31 bits per heavy atom. The lowest BCUT2D eigenvalue weighted by Gasteiger charge is -2.10. The van der Waals surface area contributed by atoms with Crippen molar-refractivity contribution in [1.82, 2.24) is 0 Å². The maximum atomic E-state index is 10.6. The van der Waals surface area contributed by atoms with Gasteiger partial charge in [0.05, 0.1) is 5.75 Å². The van der Waals surface area contributed by atoms with Crippen LogP contribution < -0.4 is 0 Å². The molecule has 0 heterocycles. The van der Waals surface area contributed by atoms with Gasteiger partial charge in [0.15, 0.2) is 0 Å². The molecule has 5 heteroatoms. The fraction of sp³-hybridized carbons (Fsp3) is 1.00. The highest BCUT2D eigenvalue weighted by Crippen LogP contribution is 2.36. The molecule has 1 aliphatic rings. The summed E-state index contributed by atoms with van der Waals surface area (Å²) in [6.07, 6.45) is 5.14. The van der Waals surface area contributed by atoms with Crippen LogP contribution in [0.1, 0.15) is 39.0 Å². The number of halogens is 1. The minimum Gasteiger partial charge on any atom is -0.381 e. The maximum absolute atomic E-state index is 10.6. The summed E-state index contributed by atoms with van der Waals surface area (Å²) in [5.74, 6) is 1.65. The van der Waals surface area contributed by atoms with Crippen LogP contribution in [-0.4, -0.2) is 27.4 Å². The van der Waals surface area contributed by atoms with E-state index >= 15 is 0 Å². The molecule has 96 valence electrons. The van der Waals surface area contributed by atoms with Gasteiger partial charge in [0.2, 0.25) is 9.05 Å². The van der Waals surface area contributed by atoms with E-state index in [4.69, 9.17) is 15.4 Å². The molecule has 3 nitrogen and oxygen atoms in total. The fourth-order valence-electron chi connectivity index (χ4n) is 1.73. The van der Waals surface area contributed by atoms with Gasteiger partial charge in [0.25, 0.3) is 0 Å². The van der Waals surface area contributed by atoms with Crippen LogP contribution in [0.3, 0.4) is 0 Å². The van der Waals surface area contributed by atoms with E-state index in [-0.39, 0.29) is 5.75 Å². The van der Waals surface area contributed by atoms with Gasteiger partial charge in [-0.3, -0.25) is 0 Å². The Balaban J connectivity index is 1.84. The minimum atomic E-state index is -3.30. The number of hydrogen-bond donors (Lipinski definition) is 0. The smallest absolute Gasteiger partial charge is 0.232 e. The van der Waals surface area contributed by atoms with E-state index in [2.05, 4.69) is 6.92 Å². The lowest BCUT2D eigenvalue weighted by atomic mass is 10.1. The first-order chi connectivity index (χ1) is 7.49. The van der Waals surface area contributed by atoms with Gasteiger partial charge in [-0.2, -0.15) is 0 Å². The van der Waals surface area contributed by atoms with Gasteiger partial charge >= 0.3 is 0 Å². The van der Waals surface area contributed by atoms with E-state index < -0.39 is 9.05 Å². The third-order valence-corrected chi connectivity index (χ3v) is 4.22. The van der Waals surface area contributed by atoms with Crippen molar-refractivity contribution in [3.8, 4) is 0 Å². The molecule has 0 spiro atoms. The summed E-state index contributed by atoms with van der Waals surface area (Å²) in [7, 11) is 1.80. The second-order valence-electron chi connectivity index (χ2n) is 4.69. The van der Waals surface area contributed by atoms with Gasteiger partial charge in [-0.25, -0.2) is 8.42 Å². The SMILES string of the molecule is CC(COCCCCCS(=O)(=O)Cl)C1CC1. The third-order valence-electron chi connectivity index (χ3n) is 2.98. The average molecular weight is 269 g/mol. The second-order valence-corrected chi connectivity index (χ2v) is 7.59. The van der Waals surface area contributed by atoms with Gasteiger partial charge in [0, 0.05) is 23.9 Å². The van der Waals surface area contributed by atoms with Gasteiger partial charge < -0.3 is 4.74 Å². The Hall–Kier alpha value is 0.200. The molecule has 1 unspecified atom stereocenters. The van der Waals surface area contributed by atoms with Gasteiger partial charge in [-0.15, -0.1) is 0 Å². The quantitative estimate of drug-likeness (QED) is 0.477. The first-order valence-corrected chi connectivity index (χ1v) is 8.47. The first-order valence-electron chi connectivity index (χ1n) is 5.99. The molecule has 0 aromatic heterocycles. The molecule has 0 bridgehead atoms. The van der Waals surface area contributed by atoms with Gasteiger partial charge in [0.1, 0.15) is 0 Å². The predicted octanol–water partition coefficient (Wildman–Crippen LogP) is 2.79. The number of hydrogen-bond acceptors (Lipinski definition) is 3. The molecular weight excluding hydrogens is 248 g/mol. The van der Waals surface area contributed by atoms with Gasteiger partial charge in [-0.1, -0.05) is 13.3 Å². The largest absolute Gasteiger partial charge is 0.381 e. The minimum absolute atomic E-state index is 0.0764. The van der Waals surface area contributed by atoms with Crippen molar-refractivity contribution in [2.45, 2.75) is 39.0 Å². The Kier molecular flexibility index (Phi) is 6.08. The molecule has 16 heavy (non-hydrogen) atoms. The number of rotatable bonds is 9. The van der Waals surface area contributed by atoms with Crippen LogP contribution in [0, 0.1) is 11.8 Å². The van der Waals surface area contributed by atoms with Crippen LogP contribution in [0.4, 0.5) is 0 Å². The van der Waals surface area contributed by atoms with Crippen molar-refractivity contribution >= 4 is 19.7 Å². The Morgan fingerprint density at radius 3 is 2.56 bits per heavy atom. The van der Waals surface area contributed by atoms with Crippen LogP contribution in [-0.2, 0) is 13.8 Å². The molecule has 1 atom stereocenters. The van der Waals surface area contributed by atoms with E-state index in [1.165, 1.54) is 12.8 Å².